The van der Waals surface area contributed by atoms with E-state index in [2.05, 4.69) is 30.4 Å². The van der Waals surface area contributed by atoms with Gasteiger partial charge < -0.3 is 10.1 Å². The van der Waals surface area contributed by atoms with Crippen molar-refractivity contribution >= 4 is 0 Å². The van der Waals surface area contributed by atoms with Gasteiger partial charge in [-0.1, -0.05) is 31.5 Å². The molecule has 0 atom stereocenters. The maximum Gasteiger partial charge on any atom is 0.122 e. The van der Waals surface area contributed by atoms with Crippen molar-refractivity contribution in [3.8, 4) is 5.75 Å². The van der Waals surface area contributed by atoms with Gasteiger partial charge in [0, 0.05) is 6.54 Å². The standard InChI is InChI=1S/C16H25NO/c1-3-11-17-13-16(9-6-10-16)12-14-7-4-5-8-15(14)18-2/h4-5,7-8,17H,3,6,9-13H2,1-2H3. The predicted molar refractivity (Wildman–Crippen MR) is 76.1 cm³/mol. The quantitative estimate of drug-likeness (QED) is 0.746. The van der Waals surface area contributed by atoms with Gasteiger partial charge in [-0.2, -0.15) is 0 Å². The molecule has 2 nitrogen and oxygen atoms in total. The maximum absolute atomic E-state index is 5.47. The van der Waals surface area contributed by atoms with Crippen LogP contribution < -0.4 is 10.1 Å². The van der Waals surface area contributed by atoms with Crippen molar-refractivity contribution in [2.45, 2.75) is 39.0 Å². The number of methoxy groups -OCH3 is 1. The molecule has 1 fully saturated rings. The molecule has 2 heteroatoms. The third-order valence-corrected chi connectivity index (χ3v) is 4.10. The summed E-state index contributed by atoms with van der Waals surface area (Å²) in [5.74, 6) is 1.04. The Morgan fingerprint density at radius 1 is 1.28 bits per heavy atom. The second-order valence-corrected chi connectivity index (χ2v) is 5.52. The van der Waals surface area contributed by atoms with Gasteiger partial charge in [-0.3, -0.25) is 0 Å². The van der Waals surface area contributed by atoms with Crippen molar-refractivity contribution in [2.75, 3.05) is 20.2 Å². The van der Waals surface area contributed by atoms with E-state index in [-0.39, 0.29) is 0 Å². The minimum absolute atomic E-state index is 0.476. The molecule has 0 saturated heterocycles. The van der Waals surface area contributed by atoms with Gasteiger partial charge in [-0.15, -0.1) is 0 Å². The summed E-state index contributed by atoms with van der Waals surface area (Å²) < 4.78 is 5.47. The fraction of sp³-hybridized carbons (Fsp3) is 0.625. The molecule has 1 aromatic rings. The highest BCUT2D eigenvalue weighted by atomic mass is 16.5. The zero-order valence-corrected chi connectivity index (χ0v) is 11.7. The molecule has 2 rings (SSSR count). The van der Waals surface area contributed by atoms with Crippen LogP contribution in [0.15, 0.2) is 24.3 Å². The molecule has 0 amide bonds. The summed E-state index contributed by atoms with van der Waals surface area (Å²) in [4.78, 5) is 0. The first-order valence-electron chi connectivity index (χ1n) is 7.12. The van der Waals surface area contributed by atoms with Gasteiger partial charge in [0.2, 0.25) is 0 Å². The Balaban J connectivity index is 2.01. The second-order valence-electron chi connectivity index (χ2n) is 5.52. The fourth-order valence-corrected chi connectivity index (χ4v) is 2.88. The van der Waals surface area contributed by atoms with E-state index in [1.807, 2.05) is 6.07 Å². The van der Waals surface area contributed by atoms with Crippen LogP contribution in [0.1, 0.15) is 38.2 Å². The lowest BCUT2D eigenvalue weighted by Gasteiger charge is -2.42. The molecule has 0 bridgehead atoms. The highest BCUT2D eigenvalue weighted by Crippen LogP contribution is 2.44. The zero-order chi connectivity index (χ0) is 12.8. The predicted octanol–water partition coefficient (Wildman–Crippen LogP) is 3.41. The molecule has 1 aromatic carbocycles. The first kappa shape index (κ1) is 13.4. The van der Waals surface area contributed by atoms with Gasteiger partial charge in [0.15, 0.2) is 0 Å². The Bertz CT molecular complexity index is 371. The third kappa shape index (κ3) is 3.05. The average molecular weight is 247 g/mol. The van der Waals surface area contributed by atoms with Crippen LogP contribution in [-0.4, -0.2) is 20.2 Å². The van der Waals surface area contributed by atoms with Crippen molar-refractivity contribution in [3.63, 3.8) is 0 Å². The van der Waals surface area contributed by atoms with Crippen molar-refractivity contribution in [1.82, 2.24) is 5.32 Å². The Morgan fingerprint density at radius 2 is 2.06 bits per heavy atom. The Hall–Kier alpha value is -1.02. The van der Waals surface area contributed by atoms with Gasteiger partial charge in [0.25, 0.3) is 0 Å². The van der Waals surface area contributed by atoms with Crippen LogP contribution in [0.25, 0.3) is 0 Å². The fourth-order valence-electron chi connectivity index (χ4n) is 2.88. The Kier molecular flexibility index (Phi) is 4.65. The van der Waals surface area contributed by atoms with E-state index in [9.17, 15) is 0 Å². The number of benzene rings is 1. The van der Waals surface area contributed by atoms with Crippen LogP contribution >= 0.6 is 0 Å². The van der Waals surface area contributed by atoms with Gasteiger partial charge in [0.1, 0.15) is 5.75 Å². The molecule has 0 heterocycles. The van der Waals surface area contributed by atoms with E-state index >= 15 is 0 Å². The highest BCUT2D eigenvalue weighted by Gasteiger charge is 2.37. The molecular formula is C16H25NO. The summed E-state index contributed by atoms with van der Waals surface area (Å²) in [6.45, 7) is 4.51. The molecular weight excluding hydrogens is 222 g/mol. The summed E-state index contributed by atoms with van der Waals surface area (Å²) >= 11 is 0. The summed E-state index contributed by atoms with van der Waals surface area (Å²) in [6.07, 6.45) is 6.44. The molecule has 18 heavy (non-hydrogen) atoms. The largest absolute Gasteiger partial charge is 0.496 e. The van der Waals surface area contributed by atoms with Gasteiger partial charge >= 0.3 is 0 Å². The Labute approximate surface area is 111 Å². The van der Waals surface area contributed by atoms with E-state index in [1.165, 1.54) is 31.2 Å². The molecule has 0 radical (unpaired) electrons. The second kappa shape index (κ2) is 6.24. The molecule has 1 aliphatic rings. The number of hydrogen-bond acceptors (Lipinski definition) is 2. The molecule has 0 unspecified atom stereocenters. The summed E-state index contributed by atoms with van der Waals surface area (Å²) in [5.41, 5.74) is 1.84. The summed E-state index contributed by atoms with van der Waals surface area (Å²) in [6, 6.07) is 8.44. The molecule has 1 N–H and O–H groups in total. The summed E-state index contributed by atoms with van der Waals surface area (Å²) in [7, 11) is 1.77. The number of nitrogens with one attached hydrogen (secondary N) is 1. The maximum atomic E-state index is 5.47. The van der Waals surface area contributed by atoms with E-state index in [0.29, 0.717) is 5.41 Å². The first-order valence-corrected chi connectivity index (χ1v) is 7.12. The van der Waals surface area contributed by atoms with Crippen molar-refractivity contribution in [2.24, 2.45) is 5.41 Å². The third-order valence-electron chi connectivity index (χ3n) is 4.10. The van der Waals surface area contributed by atoms with Crippen LogP contribution in [0.5, 0.6) is 5.75 Å². The number of para-hydroxylation sites is 1. The average Bonchev–Trinajstić information content (AvgIpc) is 2.36. The summed E-state index contributed by atoms with van der Waals surface area (Å²) in [5, 5.41) is 3.59. The van der Waals surface area contributed by atoms with Crippen molar-refractivity contribution in [1.29, 1.82) is 0 Å². The minimum atomic E-state index is 0.476. The minimum Gasteiger partial charge on any atom is -0.496 e. The molecule has 0 spiro atoms. The smallest absolute Gasteiger partial charge is 0.122 e. The topological polar surface area (TPSA) is 21.3 Å². The van der Waals surface area contributed by atoms with Crippen LogP contribution in [0.3, 0.4) is 0 Å². The number of ether oxygens (including phenoxy) is 1. The van der Waals surface area contributed by atoms with Crippen LogP contribution in [-0.2, 0) is 6.42 Å². The van der Waals surface area contributed by atoms with Crippen LogP contribution in [0, 0.1) is 5.41 Å². The lowest BCUT2D eigenvalue weighted by atomic mass is 9.65. The monoisotopic (exact) mass is 247 g/mol. The lowest BCUT2D eigenvalue weighted by Crippen LogP contribution is -2.42. The van der Waals surface area contributed by atoms with Gasteiger partial charge in [-0.05, 0) is 49.3 Å². The number of hydrogen-bond donors (Lipinski definition) is 1. The number of rotatable bonds is 7. The van der Waals surface area contributed by atoms with Crippen molar-refractivity contribution in [3.05, 3.63) is 29.8 Å². The molecule has 0 aromatic heterocycles. The molecule has 1 aliphatic carbocycles. The SMILES string of the molecule is CCCNCC1(Cc2ccccc2OC)CCC1. The first-order chi connectivity index (χ1) is 8.79. The van der Waals surface area contributed by atoms with Gasteiger partial charge in [-0.25, -0.2) is 0 Å². The lowest BCUT2D eigenvalue weighted by molar-refractivity contribution is 0.129. The van der Waals surface area contributed by atoms with E-state index in [1.54, 1.807) is 7.11 Å². The normalized spacial score (nSPS) is 17.2. The van der Waals surface area contributed by atoms with E-state index in [4.69, 9.17) is 4.74 Å². The highest BCUT2D eigenvalue weighted by molar-refractivity contribution is 5.34. The van der Waals surface area contributed by atoms with E-state index in [0.717, 1.165) is 25.3 Å². The van der Waals surface area contributed by atoms with E-state index < -0.39 is 0 Å². The van der Waals surface area contributed by atoms with Crippen LogP contribution in [0.2, 0.25) is 0 Å². The molecule has 1 saturated carbocycles. The van der Waals surface area contributed by atoms with Crippen LogP contribution in [0.4, 0.5) is 0 Å². The van der Waals surface area contributed by atoms with Crippen molar-refractivity contribution < 1.29 is 4.74 Å². The molecule has 100 valence electrons. The van der Waals surface area contributed by atoms with Gasteiger partial charge in [0.05, 0.1) is 7.11 Å². The Morgan fingerprint density at radius 3 is 2.67 bits per heavy atom. The zero-order valence-electron chi connectivity index (χ0n) is 11.7. The molecule has 0 aliphatic heterocycles.